The van der Waals surface area contributed by atoms with Gasteiger partial charge in [0.05, 0.1) is 5.69 Å². The van der Waals surface area contributed by atoms with Crippen LogP contribution in [0.15, 0.2) is 12.3 Å². The molecular formula is C13H21N3O. The maximum Gasteiger partial charge on any atom is 0.138 e. The van der Waals surface area contributed by atoms with Gasteiger partial charge in [-0.25, -0.2) is 0 Å². The number of carbonyl (C=O) groups excluding carboxylic acids is 1. The zero-order valence-corrected chi connectivity index (χ0v) is 10.6. The van der Waals surface area contributed by atoms with E-state index in [9.17, 15) is 4.79 Å². The van der Waals surface area contributed by atoms with Gasteiger partial charge in [0.15, 0.2) is 0 Å². The second-order valence-corrected chi connectivity index (χ2v) is 4.87. The van der Waals surface area contributed by atoms with Crippen LogP contribution in [-0.4, -0.2) is 28.7 Å². The molecule has 1 aliphatic rings. The third-order valence-corrected chi connectivity index (χ3v) is 3.56. The van der Waals surface area contributed by atoms with E-state index in [-0.39, 0.29) is 5.92 Å². The molecule has 1 N–H and O–H groups in total. The molecule has 0 aromatic carbocycles. The minimum Gasteiger partial charge on any atom is -0.316 e. The molecule has 2 atom stereocenters. The first-order valence-electron chi connectivity index (χ1n) is 6.48. The Kier molecular flexibility index (Phi) is 3.94. The Morgan fingerprint density at radius 3 is 3.18 bits per heavy atom. The molecule has 1 fully saturated rings. The smallest absolute Gasteiger partial charge is 0.138 e. The molecule has 0 saturated carbocycles. The zero-order chi connectivity index (χ0) is 12.3. The van der Waals surface area contributed by atoms with E-state index in [1.54, 1.807) is 0 Å². The van der Waals surface area contributed by atoms with Crippen LogP contribution in [0.5, 0.6) is 0 Å². The first kappa shape index (κ1) is 12.3. The minimum atomic E-state index is 0.115. The van der Waals surface area contributed by atoms with Gasteiger partial charge in [-0.2, -0.15) is 5.10 Å². The molecule has 2 unspecified atom stereocenters. The van der Waals surface area contributed by atoms with Gasteiger partial charge in [-0.15, -0.1) is 0 Å². The number of hydrogen-bond acceptors (Lipinski definition) is 3. The second-order valence-electron chi connectivity index (χ2n) is 4.87. The van der Waals surface area contributed by atoms with E-state index in [2.05, 4.69) is 24.3 Å². The Balaban J connectivity index is 1.98. The van der Waals surface area contributed by atoms with Crippen LogP contribution in [-0.2, 0) is 11.2 Å². The van der Waals surface area contributed by atoms with Crippen LogP contribution in [0.1, 0.15) is 38.4 Å². The predicted octanol–water partition coefficient (Wildman–Crippen LogP) is 1.58. The molecule has 0 bridgehead atoms. The molecule has 0 amide bonds. The van der Waals surface area contributed by atoms with E-state index in [4.69, 9.17) is 0 Å². The SMILES string of the molecule is CCC(C)n1ccc(CC2CNCCC2=O)n1. The Morgan fingerprint density at radius 2 is 2.47 bits per heavy atom. The zero-order valence-electron chi connectivity index (χ0n) is 10.6. The monoisotopic (exact) mass is 235 g/mol. The van der Waals surface area contributed by atoms with Crippen molar-refractivity contribution < 1.29 is 4.79 Å². The highest BCUT2D eigenvalue weighted by molar-refractivity contribution is 5.82. The molecule has 1 aliphatic heterocycles. The number of ketones is 1. The summed E-state index contributed by atoms with van der Waals surface area (Å²) < 4.78 is 2.00. The molecule has 0 radical (unpaired) electrons. The lowest BCUT2D eigenvalue weighted by Crippen LogP contribution is -2.38. The highest BCUT2D eigenvalue weighted by Crippen LogP contribution is 2.14. The van der Waals surface area contributed by atoms with Gasteiger partial charge in [0.1, 0.15) is 5.78 Å². The standard InChI is InChI=1S/C13H21N3O/c1-3-10(2)16-7-5-12(15-16)8-11-9-14-6-4-13(11)17/h5,7,10-11,14H,3-4,6,8-9H2,1-2H3. The summed E-state index contributed by atoms with van der Waals surface area (Å²) in [6.45, 7) is 5.94. The van der Waals surface area contributed by atoms with Gasteiger partial charge in [-0.1, -0.05) is 6.92 Å². The van der Waals surface area contributed by atoms with Crippen LogP contribution >= 0.6 is 0 Å². The minimum absolute atomic E-state index is 0.115. The first-order valence-corrected chi connectivity index (χ1v) is 6.48. The molecular weight excluding hydrogens is 214 g/mol. The van der Waals surface area contributed by atoms with Crippen LogP contribution in [0.4, 0.5) is 0 Å². The van der Waals surface area contributed by atoms with E-state index in [1.807, 2.05) is 16.9 Å². The lowest BCUT2D eigenvalue weighted by molar-refractivity contribution is -0.123. The quantitative estimate of drug-likeness (QED) is 0.862. The van der Waals surface area contributed by atoms with Crippen LogP contribution in [0.25, 0.3) is 0 Å². The Labute approximate surface area is 102 Å². The van der Waals surface area contributed by atoms with Crippen molar-refractivity contribution in [3.05, 3.63) is 18.0 Å². The summed E-state index contributed by atoms with van der Waals surface area (Å²) in [4.78, 5) is 11.7. The van der Waals surface area contributed by atoms with E-state index in [0.717, 1.165) is 31.6 Å². The molecule has 4 heteroatoms. The maximum atomic E-state index is 11.7. The van der Waals surface area contributed by atoms with E-state index in [0.29, 0.717) is 18.2 Å². The fourth-order valence-electron chi connectivity index (χ4n) is 2.16. The second kappa shape index (κ2) is 5.45. The number of nitrogens with one attached hydrogen (secondary N) is 1. The van der Waals surface area contributed by atoms with Crippen LogP contribution in [0.2, 0.25) is 0 Å². The Bertz CT molecular complexity index is 386. The molecule has 1 saturated heterocycles. The van der Waals surface area contributed by atoms with Gasteiger partial charge in [0.2, 0.25) is 0 Å². The molecule has 4 nitrogen and oxygen atoms in total. The van der Waals surface area contributed by atoms with Gasteiger partial charge in [0.25, 0.3) is 0 Å². The van der Waals surface area contributed by atoms with Gasteiger partial charge in [-0.05, 0) is 19.4 Å². The van der Waals surface area contributed by atoms with Crippen molar-refractivity contribution in [3.8, 4) is 0 Å². The average Bonchev–Trinajstić information content (AvgIpc) is 2.80. The van der Waals surface area contributed by atoms with Crippen molar-refractivity contribution in [2.24, 2.45) is 5.92 Å². The summed E-state index contributed by atoms with van der Waals surface area (Å²) in [6, 6.07) is 2.47. The highest BCUT2D eigenvalue weighted by atomic mass is 16.1. The van der Waals surface area contributed by atoms with E-state index < -0.39 is 0 Å². The van der Waals surface area contributed by atoms with Crippen molar-refractivity contribution in [1.82, 2.24) is 15.1 Å². The van der Waals surface area contributed by atoms with Crippen LogP contribution in [0.3, 0.4) is 0 Å². The van der Waals surface area contributed by atoms with Gasteiger partial charge >= 0.3 is 0 Å². The molecule has 0 spiro atoms. The average molecular weight is 235 g/mol. The van der Waals surface area contributed by atoms with Crippen LogP contribution in [0, 0.1) is 5.92 Å². The Morgan fingerprint density at radius 1 is 1.65 bits per heavy atom. The van der Waals surface area contributed by atoms with E-state index >= 15 is 0 Å². The number of piperidine rings is 1. The number of rotatable bonds is 4. The molecule has 2 rings (SSSR count). The fourth-order valence-corrected chi connectivity index (χ4v) is 2.16. The summed E-state index contributed by atoms with van der Waals surface area (Å²) in [5.41, 5.74) is 1.03. The highest BCUT2D eigenvalue weighted by Gasteiger charge is 2.23. The van der Waals surface area contributed by atoms with E-state index in [1.165, 1.54) is 0 Å². The molecule has 1 aromatic rings. The largest absolute Gasteiger partial charge is 0.316 e. The number of Topliss-reactive ketones (excluding diaryl/α,β-unsaturated/α-hetero) is 1. The lowest BCUT2D eigenvalue weighted by atomic mass is 9.93. The molecule has 0 aliphatic carbocycles. The molecule has 94 valence electrons. The summed E-state index contributed by atoms with van der Waals surface area (Å²) >= 11 is 0. The van der Waals surface area contributed by atoms with Crippen molar-refractivity contribution in [1.29, 1.82) is 0 Å². The van der Waals surface area contributed by atoms with Gasteiger partial charge in [0, 0.05) is 44.1 Å². The predicted molar refractivity (Wildman–Crippen MR) is 66.9 cm³/mol. The van der Waals surface area contributed by atoms with Crippen LogP contribution < -0.4 is 5.32 Å². The lowest BCUT2D eigenvalue weighted by Gasteiger charge is -2.20. The third kappa shape index (κ3) is 2.94. The van der Waals surface area contributed by atoms with Crippen molar-refractivity contribution in [3.63, 3.8) is 0 Å². The molecule has 1 aromatic heterocycles. The fraction of sp³-hybridized carbons (Fsp3) is 0.692. The van der Waals surface area contributed by atoms with Gasteiger partial charge < -0.3 is 5.32 Å². The van der Waals surface area contributed by atoms with Crippen molar-refractivity contribution >= 4 is 5.78 Å². The Hall–Kier alpha value is -1.16. The number of carbonyl (C=O) groups is 1. The van der Waals surface area contributed by atoms with Crippen molar-refractivity contribution in [2.75, 3.05) is 13.1 Å². The summed E-state index contributed by atoms with van der Waals surface area (Å²) in [5, 5.41) is 7.82. The van der Waals surface area contributed by atoms with Gasteiger partial charge in [-0.3, -0.25) is 9.48 Å². The number of aromatic nitrogens is 2. The number of nitrogens with zero attached hydrogens (tertiary/aromatic N) is 2. The molecule has 17 heavy (non-hydrogen) atoms. The molecule has 2 heterocycles. The summed E-state index contributed by atoms with van der Waals surface area (Å²) in [6.07, 6.45) is 4.53. The number of hydrogen-bond donors (Lipinski definition) is 1. The topological polar surface area (TPSA) is 46.9 Å². The summed E-state index contributed by atoms with van der Waals surface area (Å²) in [7, 11) is 0. The first-order chi connectivity index (χ1) is 8.20. The summed E-state index contributed by atoms with van der Waals surface area (Å²) in [5.74, 6) is 0.492. The third-order valence-electron chi connectivity index (χ3n) is 3.56. The normalized spacial score (nSPS) is 22.7. The van der Waals surface area contributed by atoms with Crippen molar-refractivity contribution in [2.45, 2.75) is 39.2 Å². The maximum absolute atomic E-state index is 11.7.